The van der Waals surface area contributed by atoms with Gasteiger partial charge in [-0.3, -0.25) is 4.79 Å². The maximum atomic E-state index is 12.2. The molecule has 3 aromatic rings. The first-order valence-electron chi connectivity index (χ1n) is 8.84. The van der Waals surface area contributed by atoms with Crippen LogP contribution in [0.5, 0.6) is 0 Å². The summed E-state index contributed by atoms with van der Waals surface area (Å²) in [6, 6.07) is 10.8. The molecule has 28 heavy (non-hydrogen) atoms. The van der Waals surface area contributed by atoms with E-state index < -0.39 is 4.92 Å². The number of nitro groups is 1. The Morgan fingerprint density at radius 2 is 2.25 bits per heavy atom. The summed E-state index contributed by atoms with van der Waals surface area (Å²) in [5, 5.41) is 21.2. The van der Waals surface area contributed by atoms with Crippen molar-refractivity contribution in [1.29, 1.82) is 0 Å². The number of aromatic nitrogens is 3. The van der Waals surface area contributed by atoms with Gasteiger partial charge in [-0.25, -0.2) is 4.98 Å². The summed E-state index contributed by atoms with van der Waals surface area (Å²) in [6.45, 7) is 1.05. The van der Waals surface area contributed by atoms with Crippen LogP contribution in [0.1, 0.15) is 18.4 Å². The highest BCUT2D eigenvalue weighted by Crippen LogP contribution is 2.18. The second-order valence-corrected chi connectivity index (χ2v) is 6.41. The van der Waals surface area contributed by atoms with Crippen molar-refractivity contribution in [1.82, 2.24) is 14.6 Å². The second kappa shape index (κ2) is 7.61. The predicted octanol–water partition coefficient (Wildman–Crippen LogP) is 2.37. The number of carbonyl (C=O) groups excluding carboxylic acids is 1. The third kappa shape index (κ3) is 3.76. The molecule has 0 radical (unpaired) electrons. The van der Waals surface area contributed by atoms with Gasteiger partial charge >= 0.3 is 5.82 Å². The molecule has 1 aliphatic rings. The van der Waals surface area contributed by atoms with Crippen molar-refractivity contribution in [3.63, 3.8) is 0 Å². The number of hydrogen-bond acceptors (Lipinski definition) is 7. The Kier molecular flexibility index (Phi) is 4.85. The number of imidazole rings is 1. The third-order valence-electron chi connectivity index (χ3n) is 4.42. The number of nitrogens with one attached hydrogen (secondary N) is 2. The minimum Gasteiger partial charge on any atom is -0.368 e. The number of carbonyl (C=O) groups is 1. The highest BCUT2D eigenvalue weighted by molar-refractivity contribution is 5.94. The normalized spacial score (nSPS) is 16.2. The molecule has 0 spiro atoms. The van der Waals surface area contributed by atoms with Crippen LogP contribution < -0.4 is 10.6 Å². The smallest absolute Gasteiger partial charge is 0.368 e. The molecule has 10 heteroatoms. The lowest BCUT2D eigenvalue weighted by Gasteiger charge is -2.11. The van der Waals surface area contributed by atoms with Crippen molar-refractivity contribution in [3.05, 3.63) is 58.3 Å². The Balaban J connectivity index is 1.43. The molecule has 1 atom stereocenters. The number of nitrogens with zero attached hydrogens (tertiary/aromatic N) is 4. The number of ether oxygens (including phenoxy) is 1. The monoisotopic (exact) mass is 382 g/mol. The molecule has 2 N–H and O–H groups in total. The fraction of sp³-hybridized carbons (Fsp3) is 0.278. The number of benzene rings is 1. The molecule has 1 saturated heterocycles. The highest BCUT2D eigenvalue weighted by Gasteiger charge is 2.23. The zero-order valence-electron chi connectivity index (χ0n) is 14.9. The van der Waals surface area contributed by atoms with Gasteiger partial charge in [-0.2, -0.15) is 0 Å². The van der Waals surface area contributed by atoms with E-state index in [1.807, 2.05) is 24.3 Å². The average molecular weight is 382 g/mol. The van der Waals surface area contributed by atoms with E-state index in [0.717, 1.165) is 18.4 Å². The van der Waals surface area contributed by atoms with E-state index in [1.165, 1.54) is 10.7 Å². The Morgan fingerprint density at radius 3 is 3.04 bits per heavy atom. The number of fused-ring (bicyclic) bond motifs is 1. The summed E-state index contributed by atoms with van der Waals surface area (Å²) in [5.41, 5.74) is 2.01. The van der Waals surface area contributed by atoms with Crippen LogP contribution in [0.25, 0.3) is 5.65 Å². The van der Waals surface area contributed by atoms with Crippen LogP contribution in [-0.4, -0.2) is 38.1 Å². The van der Waals surface area contributed by atoms with Crippen molar-refractivity contribution < 1.29 is 14.5 Å². The second-order valence-electron chi connectivity index (χ2n) is 6.41. The van der Waals surface area contributed by atoms with Crippen molar-refractivity contribution in [2.75, 3.05) is 17.2 Å². The van der Waals surface area contributed by atoms with Gasteiger partial charge in [0.25, 0.3) is 5.91 Å². The lowest BCUT2D eigenvalue weighted by Crippen LogP contribution is -2.26. The molecule has 10 nitrogen and oxygen atoms in total. The van der Waals surface area contributed by atoms with E-state index in [0.29, 0.717) is 30.3 Å². The summed E-state index contributed by atoms with van der Waals surface area (Å²) in [4.78, 5) is 26.6. The molecule has 1 aromatic carbocycles. The van der Waals surface area contributed by atoms with Gasteiger partial charge in [0.1, 0.15) is 12.3 Å². The molecule has 0 bridgehead atoms. The molecule has 4 rings (SSSR count). The van der Waals surface area contributed by atoms with Crippen LogP contribution in [0.2, 0.25) is 0 Å². The Morgan fingerprint density at radius 1 is 1.36 bits per heavy atom. The van der Waals surface area contributed by atoms with Gasteiger partial charge in [-0.1, -0.05) is 21.7 Å². The van der Waals surface area contributed by atoms with Crippen LogP contribution in [0.3, 0.4) is 0 Å². The first-order valence-corrected chi connectivity index (χ1v) is 8.84. The molecule has 3 heterocycles. The summed E-state index contributed by atoms with van der Waals surface area (Å²) >= 11 is 0. The molecule has 1 amide bonds. The largest absolute Gasteiger partial charge is 0.368 e. The van der Waals surface area contributed by atoms with Gasteiger partial charge < -0.3 is 25.5 Å². The van der Waals surface area contributed by atoms with Crippen molar-refractivity contribution in [2.24, 2.45) is 0 Å². The lowest BCUT2D eigenvalue weighted by atomic mass is 10.2. The van der Waals surface area contributed by atoms with Gasteiger partial charge in [-0.05, 0) is 41.5 Å². The maximum absolute atomic E-state index is 12.2. The Labute approximate surface area is 159 Å². The molecule has 1 aliphatic heterocycles. The first kappa shape index (κ1) is 17.9. The van der Waals surface area contributed by atoms with Gasteiger partial charge in [0, 0.05) is 24.9 Å². The van der Waals surface area contributed by atoms with Crippen LogP contribution in [0.4, 0.5) is 17.3 Å². The minimum absolute atomic E-state index is 0.137. The van der Waals surface area contributed by atoms with Crippen LogP contribution in [0, 0.1) is 10.1 Å². The van der Waals surface area contributed by atoms with E-state index >= 15 is 0 Å². The van der Waals surface area contributed by atoms with Crippen LogP contribution in [0.15, 0.2) is 42.6 Å². The highest BCUT2D eigenvalue weighted by atomic mass is 16.6. The molecule has 0 aliphatic carbocycles. The number of anilines is 2. The third-order valence-corrected chi connectivity index (χ3v) is 4.42. The standard InChI is InChI=1S/C18H18N6O4/c25-18(14-5-2-8-28-14)21-13-4-1-3-12(9-13)10-19-15-6-7-16-20-11-17(24(26)27)23(16)22-15/h1,3-4,6-7,9,11,14H,2,5,8,10H2,(H,19,22)(H,21,25)/t14-/m0/s1. The molecule has 0 saturated carbocycles. The average Bonchev–Trinajstić information content (AvgIpc) is 3.36. The molecular weight excluding hydrogens is 364 g/mol. The zero-order valence-corrected chi connectivity index (χ0v) is 14.9. The SMILES string of the molecule is O=C(Nc1cccc(CNc2ccc3ncc([N+](=O)[O-])n3n2)c1)[C@@H]1CCCO1. The molecule has 1 fully saturated rings. The van der Waals surface area contributed by atoms with E-state index in [4.69, 9.17) is 4.74 Å². The number of amides is 1. The molecule has 144 valence electrons. The van der Waals surface area contributed by atoms with E-state index in [2.05, 4.69) is 20.7 Å². The number of rotatable bonds is 6. The topological polar surface area (TPSA) is 124 Å². The van der Waals surface area contributed by atoms with E-state index in [9.17, 15) is 14.9 Å². The number of hydrogen-bond donors (Lipinski definition) is 2. The quantitative estimate of drug-likeness (QED) is 0.495. The van der Waals surface area contributed by atoms with Gasteiger partial charge in [0.2, 0.25) is 5.65 Å². The Hall–Kier alpha value is -3.53. The van der Waals surface area contributed by atoms with Gasteiger partial charge in [0.15, 0.2) is 5.82 Å². The summed E-state index contributed by atoms with van der Waals surface area (Å²) in [7, 11) is 0. The first-order chi connectivity index (χ1) is 13.6. The van der Waals surface area contributed by atoms with E-state index in [1.54, 1.807) is 12.1 Å². The van der Waals surface area contributed by atoms with Crippen molar-refractivity contribution in [2.45, 2.75) is 25.5 Å². The maximum Gasteiger partial charge on any atom is 0.368 e. The summed E-state index contributed by atoms with van der Waals surface area (Å²) in [6.07, 6.45) is 2.42. The Bertz CT molecular complexity index is 1030. The lowest BCUT2D eigenvalue weighted by molar-refractivity contribution is -0.391. The predicted molar refractivity (Wildman–Crippen MR) is 101 cm³/mol. The van der Waals surface area contributed by atoms with Crippen LogP contribution in [-0.2, 0) is 16.1 Å². The van der Waals surface area contributed by atoms with Crippen LogP contribution >= 0.6 is 0 Å². The van der Waals surface area contributed by atoms with E-state index in [-0.39, 0.29) is 17.8 Å². The molecule has 0 unspecified atom stereocenters. The van der Waals surface area contributed by atoms with Crippen molar-refractivity contribution in [3.8, 4) is 0 Å². The van der Waals surface area contributed by atoms with Crippen molar-refractivity contribution >= 4 is 28.9 Å². The molecule has 2 aromatic heterocycles. The van der Waals surface area contributed by atoms with Gasteiger partial charge in [0.05, 0.1) is 0 Å². The summed E-state index contributed by atoms with van der Waals surface area (Å²) < 4.78 is 6.57. The molecular formula is C18H18N6O4. The minimum atomic E-state index is -0.531. The summed E-state index contributed by atoms with van der Waals surface area (Å²) in [5.74, 6) is 0.141. The fourth-order valence-corrected chi connectivity index (χ4v) is 3.04. The van der Waals surface area contributed by atoms with Gasteiger partial charge in [-0.15, -0.1) is 0 Å². The fourth-order valence-electron chi connectivity index (χ4n) is 3.04. The zero-order chi connectivity index (χ0) is 19.5.